The van der Waals surface area contributed by atoms with E-state index in [0.717, 1.165) is 5.39 Å². The summed E-state index contributed by atoms with van der Waals surface area (Å²) in [5, 5.41) is 14.7. The van der Waals surface area contributed by atoms with Crippen LogP contribution in [0.4, 0.5) is 0 Å². The summed E-state index contributed by atoms with van der Waals surface area (Å²) in [5.41, 5.74) is 1.24. The number of fused-ring (bicyclic) bond motifs is 1. The Hall–Kier alpha value is -2.67. The van der Waals surface area contributed by atoms with Gasteiger partial charge >= 0.3 is 0 Å². The Labute approximate surface area is 144 Å². The highest BCUT2D eigenvalue weighted by Crippen LogP contribution is 2.35. The van der Waals surface area contributed by atoms with Crippen molar-refractivity contribution in [3.05, 3.63) is 47.3 Å². The molecule has 1 amide bonds. The van der Waals surface area contributed by atoms with E-state index < -0.39 is 12.1 Å². The van der Waals surface area contributed by atoms with E-state index in [4.69, 9.17) is 8.94 Å². The highest BCUT2D eigenvalue weighted by atomic mass is 16.5. The number of carbonyl (C=O) groups is 1. The van der Waals surface area contributed by atoms with E-state index in [9.17, 15) is 9.90 Å². The van der Waals surface area contributed by atoms with E-state index in [0.29, 0.717) is 41.5 Å². The van der Waals surface area contributed by atoms with Crippen molar-refractivity contribution in [3.63, 3.8) is 0 Å². The second kappa shape index (κ2) is 6.00. The first kappa shape index (κ1) is 15.8. The molecule has 7 nitrogen and oxygen atoms in total. The molecule has 1 N–H and O–H groups in total. The van der Waals surface area contributed by atoms with Gasteiger partial charge in [0.05, 0.1) is 11.7 Å². The fourth-order valence-electron chi connectivity index (χ4n) is 3.44. The number of hydrogen-bond acceptors (Lipinski definition) is 6. The first-order valence-corrected chi connectivity index (χ1v) is 8.38. The zero-order valence-electron chi connectivity index (χ0n) is 14.1. The smallest absolute Gasteiger partial charge is 0.258 e. The third kappa shape index (κ3) is 2.60. The summed E-state index contributed by atoms with van der Waals surface area (Å²) in [6.07, 6.45) is 0.366. The minimum absolute atomic E-state index is 0.181. The molecule has 0 unspecified atom stereocenters. The number of β-amino-alcohol motifs (C(OH)–C–C–N with tert-alkyl or cyclic N) is 1. The third-order valence-electron chi connectivity index (χ3n) is 4.57. The Kier molecular flexibility index (Phi) is 3.80. The number of rotatable bonds is 3. The number of amides is 1. The fraction of sp³-hybridized carbons (Fsp3) is 0.389. The monoisotopic (exact) mass is 341 g/mol. The van der Waals surface area contributed by atoms with E-state index in [-0.39, 0.29) is 12.5 Å². The number of carbonyl (C=O) groups excluding carboxylic acids is 1. The second-order valence-corrected chi connectivity index (χ2v) is 6.29. The summed E-state index contributed by atoms with van der Waals surface area (Å²) >= 11 is 0. The van der Waals surface area contributed by atoms with Gasteiger partial charge in [-0.2, -0.15) is 4.98 Å². The van der Waals surface area contributed by atoms with E-state index >= 15 is 0 Å². The summed E-state index contributed by atoms with van der Waals surface area (Å²) < 4.78 is 11.1. The molecular formula is C18H19N3O4. The average molecular weight is 341 g/mol. The van der Waals surface area contributed by atoms with Gasteiger partial charge in [-0.15, -0.1) is 0 Å². The van der Waals surface area contributed by atoms with Crippen molar-refractivity contribution < 1.29 is 18.8 Å². The Morgan fingerprint density at radius 1 is 1.40 bits per heavy atom. The number of furan rings is 1. The molecule has 2 aromatic heterocycles. The topological polar surface area (TPSA) is 92.6 Å². The lowest BCUT2D eigenvalue weighted by Crippen LogP contribution is -2.32. The van der Waals surface area contributed by atoms with Crippen LogP contribution in [0.25, 0.3) is 11.0 Å². The van der Waals surface area contributed by atoms with Crippen LogP contribution in [-0.2, 0) is 6.42 Å². The molecular weight excluding hydrogens is 322 g/mol. The lowest BCUT2D eigenvalue weighted by Gasteiger charge is -2.21. The maximum absolute atomic E-state index is 13.3. The molecule has 0 saturated carbocycles. The first-order valence-electron chi connectivity index (χ1n) is 8.38. The molecule has 7 heteroatoms. The maximum atomic E-state index is 13.3. The molecule has 0 aliphatic carbocycles. The molecule has 1 saturated heterocycles. The molecule has 4 rings (SSSR count). The van der Waals surface area contributed by atoms with Crippen LogP contribution in [0.15, 0.2) is 33.2 Å². The van der Waals surface area contributed by atoms with Crippen molar-refractivity contribution in [3.8, 4) is 0 Å². The molecule has 3 heterocycles. The lowest BCUT2D eigenvalue weighted by molar-refractivity contribution is 0.0693. The largest absolute Gasteiger partial charge is 0.460 e. The minimum Gasteiger partial charge on any atom is -0.460 e. The number of aliphatic hydroxyl groups is 1. The van der Waals surface area contributed by atoms with Gasteiger partial charge in [-0.05, 0) is 13.0 Å². The van der Waals surface area contributed by atoms with Gasteiger partial charge in [0.2, 0.25) is 5.89 Å². The standard InChI is InChI=1S/C18H19N3O4/c1-3-14-16(12-6-4-5-7-15(12)24-14)18(23)21-9-11(22)8-13(21)17-19-10(2)20-25-17/h4-7,11,13,22H,3,8-9H2,1-2H3/t11-,13-/m1/s1. The molecule has 1 aliphatic heterocycles. The summed E-state index contributed by atoms with van der Waals surface area (Å²) in [4.78, 5) is 19.1. The van der Waals surface area contributed by atoms with Crippen LogP contribution < -0.4 is 0 Å². The highest BCUT2D eigenvalue weighted by molar-refractivity contribution is 6.07. The Morgan fingerprint density at radius 2 is 2.20 bits per heavy atom. The van der Waals surface area contributed by atoms with Crippen LogP contribution in [0, 0.1) is 6.92 Å². The zero-order chi connectivity index (χ0) is 17.6. The van der Waals surface area contributed by atoms with Crippen molar-refractivity contribution in [1.82, 2.24) is 15.0 Å². The number of likely N-dealkylation sites (tertiary alicyclic amines) is 1. The predicted octanol–water partition coefficient (Wildman–Crippen LogP) is 2.63. The molecule has 3 aromatic rings. The Morgan fingerprint density at radius 3 is 2.92 bits per heavy atom. The van der Waals surface area contributed by atoms with Crippen molar-refractivity contribution in [2.45, 2.75) is 38.8 Å². The summed E-state index contributed by atoms with van der Waals surface area (Å²) in [5.74, 6) is 1.33. The molecule has 0 spiro atoms. The molecule has 130 valence electrons. The first-order chi connectivity index (χ1) is 12.1. The van der Waals surface area contributed by atoms with Gasteiger partial charge < -0.3 is 18.9 Å². The number of aromatic nitrogens is 2. The lowest BCUT2D eigenvalue weighted by atomic mass is 10.1. The second-order valence-electron chi connectivity index (χ2n) is 6.29. The van der Waals surface area contributed by atoms with Crippen LogP contribution in [0.5, 0.6) is 0 Å². The quantitative estimate of drug-likeness (QED) is 0.787. The SMILES string of the molecule is CCc1oc2ccccc2c1C(=O)N1C[C@H](O)C[C@@H]1c1nc(C)no1. The van der Waals surface area contributed by atoms with Crippen LogP contribution in [0.2, 0.25) is 0 Å². The number of aliphatic hydroxyl groups excluding tert-OH is 1. The van der Waals surface area contributed by atoms with Crippen molar-refractivity contribution in [2.75, 3.05) is 6.54 Å². The van der Waals surface area contributed by atoms with Gasteiger partial charge in [-0.25, -0.2) is 0 Å². The maximum Gasteiger partial charge on any atom is 0.258 e. The summed E-state index contributed by atoms with van der Waals surface area (Å²) in [6, 6.07) is 7.06. The van der Waals surface area contributed by atoms with Crippen molar-refractivity contribution in [2.24, 2.45) is 0 Å². The minimum atomic E-state index is -0.621. The molecule has 1 aromatic carbocycles. The molecule has 2 atom stereocenters. The van der Waals surface area contributed by atoms with Gasteiger partial charge in [0.15, 0.2) is 5.82 Å². The highest BCUT2D eigenvalue weighted by Gasteiger charge is 2.40. The van der Waals surface area contributed by atoms with Crippen LogP contribution in [0.1, 0.15) is 47.2 Å². The normalized spacial score (nSPS) is 20.5. The number of aryl methyl sites for hydroxylation is 2. The van der Waals surface area contributed by atoms with Crippen LogP contribution in [0.3, 0.4) is 0 Å². The van der Waals surface area contributed by atoms with Gasteiger partial charge in [0.1, 0.15) is 17.4 Å². The fourth-order valence-corrected chi connectivity index (χ4v) is 3.44. The summed E-state index contributed by atoms with van der Waals surface area (Å²) in [6.45, 7) is 3.91. The Bertz CT molecular complexity index is 929. The van der Waals surface area contributed by atoms with E-state index in [1.807, 2.05) is 31.2 Å². The Balaban J connectivity index is 1.77. The van der Waals surface area contributed by atoms with Gasteiger partial charge in [0, 0.05) is 24.8 Å². The van der Waals surface area contributed by atoms with Crippen molar-refractivity contribution in [1.29, 1.82) is 0 Å². The predicted molar refractivity (Wildman–Crippen MR) is 89.0 cm³/mol. The molecule has 0 radical (unpaired) electrons. The van der Waals surface area contributed by atoms with Crippen molar-refractivity contribution >= 4 is 16.9 Å². The number of para-hydroxylation sites is 1. The average Bonchev–Trinajstić information content (AvgIpc) is 3.29. The number of nitrogens with zero attached hydrogens (tertiary/aromatic N) is 3. The van der Waals surface area contributed by atoms with Crippen LogP contribution in [-0.4, -0.2) is 38.7 Å². The molecule has 1 aliphatic rings. The third-order valence-corrected chi connectivity index (χ3v) is 4.57. The van der Waals surface area contributed by atoms with Gasteiger partial charge in [0.25, 0.3) is 5.91 Å². The number of benzene rings is 1. The molecule has 1 fully saturated rings. The van der Waals surface area contributed by atoms with E-state index in [1.165, 1.54) is 0 Å². The van der Waals surface area contributed by atoms with E-state index in [1.54, 1.807) is 11.8 Å². The van der Waals surface area contributed by atoms with E-state index in [2.05, 4.69) is 10.1 Å². The summed E-state index contributed by atoms with van der Waals surface area (Å²) in [7, 11) is 0. The molecule has 0 bridgehead atoms. The molecule has 25 heavy (non-hydrogen) atoms. The van der Waals surface area contributed by atoms with Gasteiger partial charge in [-0.1, -0.05) is 30.3 Å². The van der Waals surface area contributed by atoms with Gasteiger partial charge in [-0.3, -0.25) is 4.79 Å². The van der Waals surface area contributed by atoms with Crippen LogP contribution >= 0.6 is 0 Å². The zero-order valence-corrected chi connectivity index (χ0v) is 14.1. The number of hydrogen-bond donors (Lipinski definition) is 1.